The molecule has 0 unspecified atom stereocenters. The van der Waals surface area contributed by atoms with Crippen LogP contribution >= 0.6 is 15.9 Å². The fourth-order valence-electron chi connectivity index (χ4n) is 3.66. The molecule has 0 spiro atoms. The van der Waals surface area contributed by atoms with Crippen LogP contribution in [0, 0.1) is 12.8 Å². The Balaban J connectivity index is 1.38. The van der Waals surface area contributed by atoms with E-state index < -0.39 is 0 Å². The third-order valence-corrected chi connectivity index (χ3v) is 5.87. The first-order valence-corrected chi connectivity index (χ1v) is 10.2. The van der Waals surface area contributed by atoms with E-state index in [0.29, 0.717) is 6.54 Å². The van der Waals surface area contributed by atoms with Gasteiger partial charge in [-0.15, -0.1) is 0 Å². The Kier molecular flexibility index (Phi) is 5.30. The van der Waals surface area contributed by atoms with Crippen LogP contribution in [0.3, 0.4) is 0 Å². The molecule has 3 aromatic rings. The predicted octanol–water partition coefficient (Wildman–Crippen LogP) is 2.97. The van der Waals surface area contributed by atoms with Crippen LogP contribution in [-0.4, -0.2) is 38.7 Å². The summed E-state index contributed by atoms with van der Waals surface area (Å²) < 4.78 is 2.49. The van der Waals surface area contributed by atoms with E-state index in [1.54, 1.807) is 11.0 Å². The number of aromatic nitrogens is 4. The van der Waals surface area contributed by atoms with Gasteiger partial charge in [-0.3, -0.25) is 4.79 Å². The maximum absolute atomic E-state index is 12.6. The van der Waals surface area contributed by atoms with Crippen LogP contribution in [0.5, 0.6) is 0 Å². The Morgan fingerprint density at radius 2 is 1.93 bits per heavy atom. The maximum atomic E-state index is 12.6. The first kappa shape index (κ1) is 18.9. The molecule has 1 aromatic carbocycles. The van der Waals surface area contributed by atoms with Gasteiger partial charge in [0.05, 0.1) is 5.39 Å². The van der Waals surface area contributed by atoms with Gasteiger partial charge in [0.1, 0.15) is 16.7 Å². The highest BCUT2D eigenvalue weighted by Gasteiger charge is 2.27. The average Bonchev–Trinajstić information content (AvgIpc) is 3.01. The van der Waals surface area contributed by atoms with E-state index in [4.69, 9.17) is 0 Å². The van der Waals surface area contributed by atoms with E-state index in [9.17, 15) is 4.79 Å². The van der Waals surface area contributed by atoms with Gasteiger partial charge in [0, 0.05) is 32.6 Å². The lowest BCUT2D eigenvalue weighted by atomic mass is 9.95. The largest absolute Gasteiger partial charge is 0.356 e. The summed E-state index contributed by atoms with van der Waals surface area (Å²) in [6.45, 7) is 4.21. The van der Waals surface area contributed by atoms with Crippen molar-refractivity contribution in [3.63, 3.8) is 0 Å². The molecule has 1 aliphatic rings. The molecule has 0 saturated carbocycles. The fraction of sp³-hybridized carbons (Fsp3) is 0.400. The van der Waals surface area contributed by atoms with Gasteiger partial charge in [-0.25, -0.2) is 14.6 Å². The summed E-state index contributed by atoms with van der Waals surface area (Å²) in [5.74, 6) is 1.05. The lowest BCUT2D eigenvalue weighted by molar-refractivity contribution is -0.125. The zero-order valence-electron chi connectivity index (χ0n) is 16.0. The number of anilines is 1. The highest BCUT2D eigenvalue weighted by Crippen LogP contribution is 2.31. The number of fused-ring (bicyclic) bond motifs is 1. The van der Waals surface area contributed by atoms with Crippen LogP contribution in [0.2, 0.25) is 0 Å². The molecule has 1 amide bonds. The van der Waals surface area contributed by atoms with Crippen LogP contribution in [-0.2, 0) is 18.4 Å². The second-order valence-electron chi connectivity index (χ2n) is 7.28. The number of hydrogen-bond donors (Lipinski definition) is 1. The minimum absolute atomic E-state index is 0.0383. The average molecular weight is 443 g/mol. The SMILES string of the molecule is Cc1ccc(CNC(=O)C2CCN(c3ncnc4c3c(Br)nn4C)CC2)cc1. The van der Waals surface area contributed by atoms with Gasteiger partial charge in [-0.2, -0.15) is 5.10 Å². The molecular formula is C20H23BrN6O. The van der Waals surface area contributed by atoms with Crippen molar-refractivity contribution in [2.45, 2.75) is 26.3 Å². The number of piperidine rings is 1. The number of carbonyl (C=O) groups excluding carboxylic acids is 1. The number of rotatable bonds is 4. The number of aryl methyl sites for hydroxylation is 2. The second kappa shape index (κ2) is 7.87. The number of nitrogens with zero attached hydrogens (tertiary/aromatic N) is 5. The van der Waals surface area contributed by atoms with Gasteiger partial charge in [-0.05, 0) is 41.3 Å². The number of amides is 1. The van der Waals surface area contributed by atoms with Crippen molar-refractivity contribution in [1.82, 2.24) is 25.1 Å². The van der Waals surface area contributed by atoms with Gasteiger partial charge >= 0.3 is 0 Å². The van der Waals surface area contributed by atoms with Gasteiger partial charge in [-0.1, -0.05) is 29.8 Å². The Hall–Kier alpha value is -2.48. The molecule has 1 aliphatic heterocycles. The van der Waals surface area contributed by atoms with Gasteiger partial charge in [0.2, 0.25) is 5.91 Å². The van der Waals surface area contributed by atoms with Crippen molar-refractivity contribution in [2.24, 2.45) is 13.0 Å². The third-order valence-electron chi connectivity index (χ3n) is 5.31. The molecule has 28 heavy (non-hydrogen) atoms. The van der Waals surface area contributed by atoms with Gasteiger partial charge in [0.15, 0.2) is 5.65 Å². The van der Waals surface area contributed by atoms with E-state index in [-0.39, 0.29) is 11.8 Å². The summed E-state index contributed by atoms with van der Waals surface area (Å²) in [4.78, 5) is 23.6. The molecule has 0 atom stereocenters. The van der Waals surface area contributed by atoms with Crippen LogP contribution in [0.15, 0.2) is 35.2 Å². The molecule has 2 aromatic heterocycles. The topological polar surface area (TPSA) is 75.9 Å². The predicted molar refractivity (Wildman–Crippen MR) is 112 cm³/mol. The monoisotopic (exact) mass is 442 g/mol. The van der Waals surface area contributed by atoms with Crippen LogP contribution < -0.4 is 10.2 Å². The Bertz CT molecular complexity index is 992. The summed E-state index contributed by atoms with van der Waals surface area (Å²) in [6.07, 6.45) is 3.19. The minimum atomic E-state index is 0.0383. The molecule has 0 aliphatic carbocycles. The highest BCUT2D eigenvalue weighted by atomic mass is 79.9. The maximum Gasteiger partial charge on any atom is 0.223 e. The lowest BCUT2D eigenvalue weighted by Gasteiger charge is -2.32. The molecule has 3 heterocycles. The normalized spacial score (nSPS) is 15.2. The zero-order valence-corrected chi connectivity index (χ0v) is 17.6. The van der Waals surface area contributed by atoms with E-state index in [1.807, 2.05) is 7.05 Å². The second-order valence-corrected chi connectivity index (χ2v) is 8.03. The van der Waals surface area contributed by atoms with Gasteiger partial charge < -0.3 is 10.2 Å². The van der Waals surface area contributed by atoms with E-state index >= 15 is 0 Å². The Morgan fingerprint density at radius 3 is 2.64 bits per heavy atom. The molecular weight excluding hydrogens is 420 g/mol. The zero-order chi connectivity index (χ0) is 19.7. The number of benzene rings is 1. The minimum Gasteiger partial charge on any atom is -0.356 e. The summed E-state index contributed by atoms with van der Waals surface area (Å²) in [7, 11) is 1.87. The van der Waals surface area contributed by atoms with Crippen molar-refractivity contribution in [1.29, 1.82) is 0 Å². The van der Waals surface area contributed by atoms with E-state index in [0.717, 1.165) is 52.9 Å². The van der Waals surface area contributed by atoms with Crippen LogP contribution in [0.4, 0.5) is 5.82 Å². The molecule has 146 valence electrons. The molecule has 0 radical (unpaired) electrons. The standard InChI is InChI=1S/C20H23BrN6O/c1-13-3-5-14(6-4-13)11-22-20(28)15-7-9-27(10-8-15)19-16-17(21)25-26(2)18(16)23-12-24-19/h3-6,12,15H,7-11H2,1-2H3,(H,22,28). The quantitative estimate of drug-likeness (QED) is 0.671. The number of hydrogen-bond acceptors (Lipinski definition) is 5. The molecule has 4 rings (SSSR count). The smallest absolute Gasteiger partial charge is 0.223 e. The molecule has 0 bridgehead atoms. The van der Waals surface area contributed by atoms with Crippen molar-refractivity contribution in [3.8, 4) is 0 Å². The summed E-state index contributed by atoms with van der Waals surface area (Å²) in [5, 5.41) is 8.39. The Labute approximate surface area is 172 Å². The summed E-state index contributed by atoms with van der Waals surface area (Å²) in [6, 6.07) is 8.26. The van der Waals surface area contributed by atoms with Crippen LogP contribution in [0.1, 0.15) is 24.0 Å². The molecule has 1 N–H and O–H groups in total. The van der Waals surface area contributed by atoms with Crippen molar-refractivity contribution in [2.75, 3.05) is 18.0 Å². The summed E-state index contributed by atoms with van der Waals surface area (Å²) in [5.41, 5.74) is 3.15. The molecule has 7 nitrogen and oxygen atoms in total. The Morgan fingerprint density at radius 1 is 1.21 bits per heavy atom. The number of carbonyl (C=O) groups is 1. The van der Waals surface area contributed by atoms with Crippen LogP contribution in [0.25, 0.3) is 11.0 Å². The third kappa shape index (κ3) is 3.73. The van der Waals surface area contributed by atoms with Crippen molar-refractivity contribution < 1.29 is 4.79 Å². The fourth-order valence-corrected chi connectivity index (χ4v) is 4.25. The van der Waals surface area contributed by atoms with E-state index in [1.165, 1.54) is 5.56 Å². The lowest BCUT2D eigenvalue weighted by Crippen LogP contribution is -2.40. The first-order chi connectivity index (χ1) is 13.5. The molecule has 1 saturated heterocycles. The molecule has 8 heteroatoms. The van der Waals surface area contributed by atoms with Crippen molar-refractivity contribution in [3.05, 3.63) is 46.3 Å². The first-order valence-electron chi connectivity index (χ1n) is 9.44. The van der Waals surface area contributed by atoms with Crippen molar-refractivity contribution >= 4 is 38.7 Å². The van der Waals surface area contributed by atoms with Gasteiger partial charge in [0.25, 0.3) is 0 Å². The molecule has 1 fully saturated rings. The van der Waals surface area contributed by atoms with E-state index in [2.05, 4.69) is 72.4 Å². The summed E-state index contributed by atoms with van der Waals surface area (Å²) >= 11 is 3.51. The highest BCUT2D eigenvalue weighted by molar-refractivity contribution is 9.10. The number of halogens is 1. The number of nitrogens with one attached hydrogen (secondary N) is 1.